The third kappa shape index (κ3) is 47.0. The first-order valence-electron chi connectivity index (χ1n) is 24.8. The van der Waals surface area contributed by atoms with E-state index in [9.17, 15) is 19.0 Å². The number of phosphoric acid groups is 1. The van der Waals surface area contributed by atoms with Crippen molar-refractivity contribution in [3.63, 3.8) is 0 Å². The lowest BCUT2D eigenvalue weighted by atomic mass is 10.1. The van der Waals surface area contributed by atoms with Gasteiger partial charge in [-0.15, -0.1) is 0 Å². The van der Waals surface area contributed by atoms with Crippen LogP contribution in [0.3, 0.4) is 0 Å². The Hall–Kier alpha value is -2.29. The molecule has 1 unspecified atom stereocenters. The Kier molecular flexibility index (Phi) is 45.4. The van der Waals surface area contributed by atoms with Crippen LogP contribution in [0.4, 0.5) is 0 Å². The molecule has 0 radical (unpaired) electrons. The van der Waals surface area contributed by atoms with Gasteiger partial charge in [-0.3, -0.25) is 18.6 Å². The average molecular weight is 878 g/mol. The summed E-state index contributed by atoms with van der Waals surface area (Å²) in [5.74, 6) is -0.894. The van der Waals surface area contributed by atoms with E-state index in [1.165, 1.54) is 135 Å². The van der Waals surface area contributed by atoms with Crippen molar-refractivity contribution in [2.45, 2.75) is 225 Å². The van der Waals surface area contributed by atoms with Crippen molar-refractivity contribution in [2.75, 3.05) is 26.4 Å². The van der Waals surface area contributed by atoms with E-state index in [1.807, 2.05) is 0 Å². The zero-order chi connectivity index (χ0) is 44.6. The standard InChI is InChI=1S/C51H92NO8P/c1-3-5-7-9-11-13-15-17-19-21-23-24-26-27-29-31-33-35-37-39-41-43-50(53)57-47-49(48-59-61(55,56)58-46-45-52)60-51(54)44-42-40-38-36-34-32-30-28-25-22-20-18-16-14-12-10-8-6-4-2/h18-21,24,26,29,31,35,37,49H,3-17,22-23,25,27-28,30,32-34,36,38-48,52H2,1-2H3,(H,55,56)/b20-18+,21-19+,26-24+,31-29+,37-35+/t49-/m1/s1. The smallest absolute Gasteiger partial charge is 0.462 e. The maximum Gasteiger partial charge on any atom is 0.472 e. The highest BCUT2D eigenvalue weighted by molar-refractivity contribution is 7.47. The molecule has 0 aliphatic rings. The van der Waals surface area contributed by atoms with Crippen molar-refractivity contribution in [3.05, 3.63) is 60.8 Å². The first-order chi connectivity index (χ1) is 29.8. The maximum atomic E-state index is 12.6. The third-order valence-electron chi connectivity index (χ3n) is 10.4. The molecule has 61 heavy (non-hydrogen) atoms. The second-order valence-corrected chi connectivity index (χ2v) is 17.8. The van der Waals surface area contributed by atoms with E-state index in [2.05, 4.69) is 74.6 Å². The lowest BCUT2D eigenvalue weighted by molar-refractivity contribution is -0.161. The van der Waals surface area contributed by atoms with E-state index in [0.29, 0.717) is 12.8 Å². The van der Waals surface area contributed by atoms with Gasteiger partial charge in [-0.25, -0.2) is 4.57 Å². The summed E-state index contributed by atoms with van der Waals surface area (Å²) < 4.78 is 32.8. The minimum atomic E-state index is -4.40. The van der Waals surface area contributed by atoms with Crippen molar-refractivity contribution in [2.24, 2.45) is 5.73 Å². The van der Waals surface area contributed by atoms with Gasteiger partial charge in [-0.2, -0.15) is 0 Å². The Labute approximate surface area is 374 Å². The topological polar surface area (TPSA) is 134 Å². The van der Waals surface area contributed by atoms with Crippen LogP contribution in [0, 0.1) is 0 Å². The Bertz CT molecular complexity index is 1180. The predicted molar refractivity (Wildman–Crippen MR) is 256 cm³/mol. The molecule has 0 rings (SSSR count). The van der Waals surface area contributed by atoms with Gasteiger partial charge in [0.15, 0.2) is 6.10 Å². The number of carbonyl (C=O) groups is 2. The molecule has 0 bridgehead atoms. The maximum absolute atomic E-state index is 12.6. The molecule has 3 N–H and O–H groups in total. The fourth-order valence-corrected chi connectivity index (χ4v) is 7.45. The quantitative estimate of drug-likeness (QED) is 0.0265. The molecule has 0 aromatic heterocycles. The molecule has 0 aliphatic heterocycles. The van der Waals surface area contributed by atoms with Crippen LogP contribution in [-0.4, -0.2) is 49.3 Å². The minimum absolute atomic E-state index is 0.0440. The molecular formula is C51H92NO8P. The summed E-state index contributed by atoms with van der Waals surface area (Å²) in [4.78, 5) is 35.0. The number of hydrogen-bond acceptors (Lipinski definition) is 8. The molecule has 0 aromatic rings. The molecule has 0 amide bonds. The number of nitrogens with two attached hydrogens (primary N) is 1. The monoisotopic (exact) mass is 878 g/mol. The second-order valence-electron chi connectivity index (χ2n) is 16.3. The number of carbonyl (C=O) groups excluding carboxylic acids is 2. The van der Waals surface area contributed by atoms with Crippen LogP contribution in [0.15, 0.2) is 60.8 Å². The molecule has 0 fully saturated rings. The first kappa shape index (κ1) is 58.7. The van der Waals surface area contributed by atoms with Gasteiger partial charge >= 0.3 is 19.8 Å². The Balaban J connectivity index is 4.18. The molecule has 354 valence electrons. The molecular weight excluding hydrogens is 786 g/mol. The Morgan fingerprint density at radius 2 is 0.869 bits per heavy atom. The summed E-state index contributed by atoms with van der Waals surface area (Å²) in [6.45, 7) is 3.68. The van der Waals surface area contributed by atoms with Crippen LogP contribution in [0.5, 0.6) is 0 Å². The van der Waals surface area contributed by atoms with E-state index >= 15 is 0 Å². The van der Waals surface area contributed by atoms with Crippen LogP contribution in [0.1, 0.15) is 219 Å². The van der Waals surface area contributed by atoms with Crippen LogP contribution in [0.25, 0.3) is 0 Å². The Morgan fingerprint density at radius 3 is 1.33 bits per heavy atom. The molecule has 10 heteroatoms. The van der Waals surface area contributed by atoms with Crippen molar-refractivity contribution in [1.82, 2.24) is 0 Å². The van der Waals surface area contributed by atoms with Gasteiger partial charge in [0.25, 0.3) is 0 Å². The van der Waals surface area contributed by atoms with Gasteiger partial charge in [-0.05, 0) is 77.0 Å². The van der Waals surface area contributed by atoms with Crippen LogP contribution >= 0.6 is 7.82 Å². The summed E-state index contributed by atoms with van der Waals surface area (Å²) >= 11 is 0. The fraction of sp³-hybridized carbons (Fsp3) is 0.765. The van der Waals surface area contributed by atoms with Gasteiger partial charge in [0.05, 0.1) is 13.2 Å². The number of esters is 2. The number of allylic oxidation sites excluding steroid dienone is 10. The van der Waals surface area contributed by atoms with E-state index in [4.69, 9.17) is 24.3 Å². The lowest BCUT2D eigenvalue weighted by Crippen LogP contribution is -2.29. The Morgan fingerprint density at radius 1 is 0.492 bits per heavy atom. The number of hydrogen-bond donors (Lipinski definition) is 2. The number of rotatable bonds is 46. The average Bonchev–Trinajstić information content (AvgIpc) is 3.25. The molecule has 0 spiro atoms. The number of phosphoric ester groups is 1. The number of ether oxygens (including phenoxy) is 2. The van der Waals surface area contributed by atoms with Crippen molar-refractivity contribution in [3.8, 4) is 0 Å². The lowest BCUT2D eigenvalue weighted by Gasteiger charge is -2.19. The largest absolute Gasteiger partial charge is 0.472 e. The van der Waals surface area contributed by atoms with E-state index in [1.54, 1.807) is 0 Å². The zero-order valence-corrected chi connectivity index (χ0v) is 40.0. The minimum Gasteiger partial charge on any atom is -0.462 e. The second kappa shape index (κ2) is 47.2. The fourth-order valence-electron chi connectivity index (χ4n) is 6.68. The van der Waals surface area contributed by atoms with Gasteiger partial charge in [-0.1, -0.05) is 190 Å². The molecule has 0 heterocycles. The zero-order valence-electron chi connectivity index (χ0n) is 39.1. The summed E-state index contributed by atoms with van der Waals surface area (Å²) in [5, 5.41) is 0. The summed E-state index contributed by atoms with van der Waals surface area (Å²) in [6.07, 6.45) is 56.9. The van der Waals surface area contributed by atoms with E-state index in [-0.39, 0.29) is 32.6 Å². The summed E-state index contributed by atoms with van der Waals surface area (Å²) in [7, 11) is -4.40. The van der Waals surface area contributed by atoms with Crippen molar-refractivity contribution >= 4 is 19.8 Å². The molecule has 2 atom stereocenters. The molecule has 0 aliphatic carbocycles. The highest BCUT2D eigenvalue weighted by Crippen LogP contribution is 2.43. The molecule has 9 nitrogen and oxygen atoms in total. The van der Waals surface area contributed by atoms with Gasteiger partial charge in [0.2, 0.25) is 0 Å². The SMILES string of the molecule is CCCCCCCC/C=C/CCCCCCCCCCCC(=O)O[C@H](COC(=O)CCC/C=C/C/C=C/C/C=C/C/C=C/CCCCCCCCC)COP(=O)(O)OCCN. The predicted octanol–water partition coefficient (Wildman–Crippen LogP) is 14.8. The molecule has 0 aromatic carbocycles. The third-order valence-corrected chi connectivity index (χ3v) is 11.4. The van der Waals surface area contributed by atoms with Crippen LogP contribution < -0.4 is 5.73 Å². The summed E-state index contributed by atoms with van der Waals surface area (Å²) in [5.41, 5.74) is 5.36. The van der Waals surface area contributed by atoms with Gasteiger partial charge < -0.3 is 20.1 Å². The van der Waals surface area contributed by atoms with E-state index < -0.39 is 32.5 Å². The molecule has 0 saturated heterocycles. The van der Waals surface area contributed by atoms with Crippen LogP contribution in [-0.2, 0) is 32.7 Å². The van der Waals surface area contributed by atoms with Crippen LogP contribution in [0.2, 0.25) is 0 Å². The highest BCUT2D eigenvalue weighted by atomic mass is 31.2. The van der Waals surface area contributed by atoms with Gasteiger partial charge in [0.1, 0.15) is 6.61 Å². The summed E-state index contributed by atoms with van der Waals surface area (Å²) in [6, 6.07) is 0. The van der Waals surface area contributed by atoms with Crippen molar-refractivity contribution in [1.29, 1.82) is 0 Å². The highest BCUT2D eigenvalue weighted by Gasteiger charge is 2.26. The van der Waals surface area contributed by atoms with Crippen molar-refractivity contribution < 1.29 is 37.6 Å². The molecule has 0 saturated carbocycles. The normalized spacial score (nSPS) is 13.7. The first-order valence-corrected chi connectivity index (χ1v) is 26.3. The van der Waals surface area contributed by atoms with E-state index in [0.717, 1.165) is 44.9 Å². The number of unbranched alkanes of at least 4 members (excludes halogenated alkanes) is 23. The van der Waals surface area contributed by atoms with Gasteiger partial charge in [0, 0.05) is 19.4 Å².